The zero-order valence-corrected chi connectivity index (χ0v) is 19.0. The van der Waals surface area contributed by atoms with Gasteiger partial charge in [-0.05, 0) is 0 Å². The molecule has 1 aliphatic rings. The molecule has 2 aromatic rings. The molecule has 2 unspecified atom stereocenters. The summed E-state index contributed by atoms with van der Waals surface area (Å²) >= 11 is 0. The minimum absolute atomic E-state index is 0. The number of nitrogens with two attached hydrogens (primary N) is 1. The molecule has 3 heterocycles. The molecule has 1 radical (unpaired) electrons. The number of fused-ring (bicyclic) bond motifs is 1. The third-order valence-electron chi connectivity index (χ3n) is 3.80. The van der Waals surface area contributed by atoms with Gasteiger partial charge in [-0.25, -0.2) is 19.3 Å². The summed E-state index contributed by atoms with van der Waals surface area (Å²) in [6.07, 6.45) is -3.99. The van der Waals surface area contributed by atoms with Gasteiger partial charge < -0.3 is 49.3 Å². The number of aromatic nitrogens is 4. The van der Waals surface area contributed by atoms with Gasteiger partial charge in [0, 0.05) is 0 Å². The zero-order chi connectivity index (χ0) is 23.2. The van der Waals surface area contributed by atoms with Crippen LogP contribution in [0.5, 0.6) is 0 Å². The number of nitrogens with zero attached hydrogens (tertiary/aromatic N) is 4. The van der Waals surface area contributed by atoms with Crippen molar-refractivity contribution in [1.29, 1.82) is 0 Å². The second kappa shape index (κ2) is 9.80. The first kappa shape index (κ1) is 27.4. The number of rotatable bonds is 8. The van der Waals surface area contributed by atoms with Crippen molar-refractivity contribution in [1.82, 2.24) is 19.5 Å². The number of nitrogen functional groups attached to an aromatic ring is 1. The van der Waals surface area contributed by atoms with Crippen LogP contribution in [0.3, 0.4) is 0 Å². The minimum atomic E-state index is -6.14. The number of ether oxygens (including phenoxy) is 1. The Bertz CT molecular complexity index is 1110. The molecule has 32 heavy (non-hydrogen) atoms. The molecular formula is C10H12MnN5O13P3. The fraction of sp³-hybridized carbons (Fsp3) is 0.500. The average molecular weight is 558 g/mol. The van der Waals surface area contributed by atoms with E-state index in [0.717, 1.165) is 12.7 Å². The van der Waals surface area contributed by atoms with Crippen LogP contribution in [0.4, 0.5) is 5.82 Å². The number of phosphoric ester groups is 1. The second-order valence-corrected chi connectivity index (χ2v) is 10.2. The Hall–Kier alpha value is -0.841. The predicted molar refractivity (Wildman–Crippen MR) is 86.6 cm³/mol. The third-order valence-corrected chi connectivity index (χ3v) is 7.46. The summed E-state index contributed by atoms with van der Waals surface area (Å²) in [7, 11) is -18.1. The van der Waals surface area contributed by atoms with E-state index in [0.29, 0.717) is 0 Å². The Labute approximate surface area is 188 Å². The maximum atomic E-state index is 11.6. The van der Waals surface area contributed by atoms with E-state index in [9.17, 15) is 43.5 Å². The maximum absolute atomic E-state index is 11.6. The van der Waals surface area contributed by atoms with E-state index in [-0.39, 0.29) is 34.1 Å². The summed E-state index contributed by atoms with van der Waals surface area (Å²) in [6, 6.07) is 0. The number of anilines is 1. The van der Waals surface area contributed by atoms with Gasteiger partial charge in [0.1, 0.15) is 30.2 Å². The molecule has 0 spiro atoms. The van der Waals surface area contributed by atoms with E-state index in [1.807, 2.05) is 0 Å². The number of phosphoric acid groups is 3. The molecule has 0 aromatic carbocycles. The molecule has 1 fully saturated rings. The van der Waals surface area contributed by atoms with Gasteiger partial charge >= 0.3 is 17.1 Å². The molecule has 18 nitrogen and oxygen atoms in total. The van der Waals surface area contributed by atoms with Gasteiger partial charge in [0.2, 0.25) is 0 Å². The standard InChI is InChI=1S/C10H16N5O13P3.Mn/c11-8-5-9(13-2-12-8)15(3-14-5)10-7(17)6(16)4(26-10)1-25-30(21,22)28-31(23,24)27-29(18,19)20;/h2-4,6-7,10,16-17H,1H2,(H,21,22)(H,23,24)(H2,11,12,13)(H2,18,19,20);/q;+4/p-4/t4-,6-,7-,10-;/m1./s1. The summed E-state index contributed by atoms with van der Waals surface area (Å²) in [5.74, 6) is 0.0195. The average Bonchev–Trinajstić information content (AvgIpc) is 3.13. The maximum Gasteiger partial charge on any atom is 4.00 e. The molecule has 1 saturated heterocycles. The van der Waals surface area contributed by atoms with Crippen LogP contribution >= 0.6 is 23.5 Å². The number of aliphatic hydroxyl groups is 2. The Morgan fingerprint density at radius 1 is 1.06 bits per heavy atom. The number of hydrogen-bond acceptors (Lipinski definition) is 17. The van der Waals surface area contributed by atoms with Gasteiger partial charge in [0.25, 0.3) is 15.6 Å². The number of hydrogen-bond donors (Lipinski definition) is 3. The molecule has 0 aliphatic carbocycles. The van der Waals surface area contributed by atoms with E-state index in [4.69, 9.17) is 10.5 Å². The largest absolute Gasteiger partial charge is 4.00 e. The topological polar surface area (TPSA) is 290 Å². The predicted octanol–water partition coefficient (Wildman–Crippen LogP) is -4.16. The Kier molecular flexibility index (Phi) is 8.39. The van der Waals surface area contributed by atoms with Gasteiger partial charge in [-0.15, -0.1) is 0 Å². The van der Waals surface area contributed by atoms with Crippen molar-refractivity contribution in [2.24, 2.45) is 0 Å². The molecule has 0 bridgehead atoms. The fourth-order valence-electron chi connectivity index (χ4n) is 2.60. The third kappa shape index (κ3) is 6.39. The van der Waals surface area contributed by atoms with Crippen LogP contribution in [0, 0.1) is 0 Å². The molecule has 22 heteroatoms. The molecule has 177 valence electrons. The van der Waals surface area contributed by atoms with E-state index < -0.39 is 54.6 Å². The first-order valence-electron chi connectivity index (χ1n) is 7.85. The van der Waals surface area contributed by atoms with Crippen molar-refractivity contribution in [3.63, 3.8) is 0 Å². The number of imidazole rings is 1. The zero-order valence-electron chi connectivity index (χ0n) is 15.1. The fourth-order valence-corrected chi connectivity index (χ4v) is 5.47. The van der Waals surface area contributed by atoms with Gasteiger partial charge in [0.15, 0.2) is 17.7 Å². The van der Waals surface area contributed by atoms with Crippen molar-refractivity contribution < 1.29 is 78.4 Å². The normalized spacial score (nSPS) is 27.6. The first-order valence-corrected chi connectivity index (χ1v) is 12.2. The van der Waals surface area contributed by atoms with Crippen LogP contribution in [0.2, 0.25) is 0 Å². The SMILES string of the molecule is Nc1ncnc2c1ncn2[C@@H]1O[C@H](COP(=O)([O-])OP(=O)([O-])OP(=O)([O-])[O-])[C@@H](O)[C@H]1O.[Mn+4]. The smallest absolute Gasteiger partial charge is 0.790 e. The molecule has 2 aromatic heterocycles. The minimum Gasteiger partial charge on any atom is -0.790 e. The Balaban J connectivity index is 0.00000363. The summed E-state index contributed by atoms with van der Waals surface area (Å²) in [5, 5.41) is 20.3. The van der Waals surface area contributed by atoms with Gasteiger partial charge in [-0.2, -0.15) is 0 Å². The molecular weight excluding hydrogens is 546 g/mol. The van der Waals surface area contributed by atoms with Crippen molar-refractivity contribution in [2.45, 2.75) is 24.5 Å². The Morgan fingerprint density at radius 2 is 1.72 bits per heavy atom. The van der Waals surface area contributed by atoms with Gasteiger partial charge in [0.05, 0.1) is 20.8 Å². The molecule has 4 N–H and O–H groups in total. The summed E-state index contributed by atoms with van der Waals surface area (Å²) in [4.78, 5) is 54.9. The van der Waals surface area contributed by atoms with Crippen LogP contribution in [-0.4, -0.2) is 54.7 Å². The molecule has 0 saturated carbocycles. The summed E-state index contributed by atoms with van der Waals surface area (Å²) < 4.78 is 50.2. The van der Waals surface area contributed by atoms with Crippen LogP contribution in [0.1, 0.15) is 6.23 Å². The monoisotopic (exact) mass is 558 g/mol. The van der Waals surface area contributed by atoms with Gasteiger partial charge in [-0.1, -0.05) is 0 Å². The van der Waals surface area contributed by atoms with E-state index in [1.54, 1.807) is 0 Å². The summed E-state index contributed by atoms with van der Waals surface area (Å²) in [5.41, 5.74) is 5.92. The Morgan fingerprint density at radius 3 is 2.34 bits per heavy atom. The molecule has 1 aliphatic heterocycles. The quantitative estimate of drug-likeness (QED) is 0.205. The van der Waals surface area contributed by atoms with E-state index in [2.05, 4.69) is 28.1 Å². The van der Waals surface area contributed by atoms with Crippen LogP contribution in [0.15, 0.2) is 12.7 Å². The second-order valence-electron chi connectivity index (χ2n) is 5.93. The molecule has 6 atom stereocenters. The number of aliphatic hydroxyl groups excluding tert-OH is 2. The van der Waals surface area contributed by atoms with Crippen molar-refractivity contribution in [3.8, 4) is 0 Å². The summed E-state index contributed by atoms with van der Waals surface area (Å²) in [6.45, 7) is -1.08. The van der Waals surface area contributed by atoms with Crippen molar-refractivity contribution in [2.75, 3.05) is 12.3 Å². The molecule has 0 amide bonds. The molecule has 3 rings (SSSR count). The first-order chi connectivity index (χ1) is 14.2. The van der Waals surface area contributed by atoms with Crippen molar-refractivity contribution in [3.05, 3.63) is 12.7 Å². The van der Waals surface area contributed by atoms with E-state index in [1.165, 1.54) is 4.57 Å². The van der Waals surface area contributed by atoms with E-state index >= 15 is 0 Å². The van der Waals surface area contributed by atoms with Crippen LogP contribution in [-0.2, 0) is 48.6 Å². The van der Waals surface area contributed by atoms with Crippen LogP contribution < -0.4 is 25.3 Å². The van der Waals surface area contributed by atoms with Gasteiger partial charge in [-0.3, -0.25) is 18.0 Å². The van der Waals surface area contributed by atoms with Crippen molar-refractivity contribution >= 4 is 40.4 Å². The van der Waals surface area contributed by atoms with Crippen LogP contribution in [0.25, 0.3) is 11.2 Å².